The zero-order valence-electron chi connectivity index (χ0n) is 14.6. The molecule has 2 heterocycles. The molecule has 4 rings (SSSR count). The van der Waals surface area contributed by atoms with Crippen LogP contribution in [-0.4, -0.2) is 27.4 Å². The van der Waals surface area contributed by atoms with Crippen molar-refractivity contribution >= 4 is 28.6 Å². The lowest BCUT2D eigenvalue weighted by Crippen LogP contribution is -2.24. The van der Waals surface area contributed by atoms with Crippen LogP contribution in [0.25, 0.3) is 16.6 Å². The van der Waals surface area contributed by atoms with E-state index in [1.165, 1.54) is 11.8 Å². The Kier molecular flexibility index (Phi) is 4.28. The molecule has 1 aromatic heterocycles. The van der Waals surface area contributed by atoms with Crippen molar-refractivity contribution in [1.29, 1.82) is 0 Å². The molecule has 0 aliphatic carbocycles. The summed E-state index contributed by atoms with van der Waals surface area (Å²) in [6.07, 6.45) is 0.624. The van der Waals surface area contributed by atoms with Gasteiger partial charge in [0.15, 0.2) is 5.16 Å². The van der Waals surface area contributed by atoms with Crippen molar-refractivity contribution in [3.05, 3.63) is 63.9 Å². The monoisotopic (exact) mass is 366 g/mol. The van der Waals surface area contributed by atoms with Crippen LogP contribution in [0.1, 0.15) is 17.5 Å². The van der Waals surface area contributed by atoms with Gasteiger partial charge in [-0.05, 0) is 37.1 Å². The summed E-state index contributed by atoms with van der Waals surface area (Å²) in [7, 11) is 0. The minimum absolute atomic E-state index is 0.123. The largest absolute Gasteiger partial charge is 0.465 e. The van der Waals surface area contributed by atoms with Crippen LogP contribution in [0, 0.1) is 13.8 Å². The van der Waals surface area contributed by atoms with Gasteiger partial charge >= 0.3 is 5.97 Å². The fourth-order valence-electron chi connectivity index (χ4n) is 3.26. The minimum Gasteiger partial charge on any atom is -0.465 e. The molecular weight excluding hydrogens is 348 g/mol. The third-order valence-electron chi connectivity index (χ3n) is 4.54. The predicted octanol–water partition coefficient (Wildman–Crippen LogP) is 3.41. The zero-order chi connectivity index (χ0) is 18.3. The third kappa shape index (κ3) is 2.80. The summed E-state index contributed by atoms with van der Waals surface area (Å²) < 4.78 is 6.72. The SMILES string of the molecule is Cc1cccc(C)c1-n1c(S[C@@H]2CCOC2=O)nc2ccccc2c1=O. The molecule has 6 heteroatoms. The molecule has 1 aliphatic heterocycles. The van der Waals surface area contributed by atoms with E-state index in [4.69, 9.17) is 9.72 Å². The third-order valence-corrected chi connectivity index (χ3v) is 5.74. The normalized spacial score (nSPS) is 16.8. The Balaban J connectivity index is 2.00. The maximum absolute atomic E-state index is 13.3. The predicted molar refractivity (Wildman–Crippen MR) is 102 cm³/mol. The van der Waals surface area contributed by atoms with E-state index in [-0.39, 0.29) is 16.8 Å². The number of benzene rings is 2. The van der Waals surface area contributed by atoms with Crippen LogP contribution in [0.15, 0.2) is 52.4 Å². The van der Waals surface area contributed by atoms with Crippen molar-refractivity contribution in [2.24, 2.45) is 0 Å². The highest BCUT2D eigenvalue weighted by atomic mass is 32.2. The lowest BCUT2D eigenvalue weighted by molar-refractivity contribution is -0.137. The first-order chi connectivity index (χ1) is 12.6. The van der Waals surface area contributed by atoms with E-state index in [2.05, 4.69) is 0 Å². The zero-order valence-corrected chi connectivity index (χ0v) is 15.4. The van der Waals surface area contributed by atoms with Crippen molar-refractivity contribution in [2.75, 3.05) is 6.61 Å². The molecule has 1 aliphatic rings. The van der Waals surface area contributed by atoms with Crippen molar-refractivity contribution < 1.29 is 9.53 Å². The molecule has 1 fully saturated rings. The molecular formula is C20H18N2O3S. The van der Waals surface area contributed by atoms with E-state index in [0.29, 0.717) is 29.1 Å². The van der Waals surface area contributed by atoms with Crippen LogP contribution in [0.5, 0.6) is 0 Å². The Morgan fingerprint density at radius 3 is 2.50 bits per heavy atom. The molecule has 5 nitrogen and oxygen atoms in total. The molecule has 0 unspecified atom stereocenters. The van der Waals surface area contributed by atoms with E-state index in [9.17, 15) is 9.59 Å². The molecule has 0 bridgehead atoms. The smallest absolute Gasteiger partial charge is 0.319 e. The number of para-hydroxylation sites is 2. The molecule has 0 N–H and O–H groups in total. The first-order valence-corrected chi connectivity index (χ1v) is 9.36. The number of cyclic esters (lactones) is 1. The molecule has 0 spiro atoms. The van der Waals surface area contributed by atoms with Gasteiger partial charge in [0.05, 0.1) is 23.2 Å². The van der Waals surface area contributed by atoms with E-state index < -0.39 is 0 Å². The fraction of sp³-hybridized carbons (Fsp3) is 0.250. The quantitative estimate of drug-likeness (QED) is 0.525. The molecule has 1 atom stereocenters. The maximum Gasteiger partial charge on any atom is 0.319 e. The van der Waals surface area contributed by atoms with Crippen LogP contribution in [0.3, 0.4) is 0 Å². The second kappa shape index (κ2) is 6.61. The van der Waals surface area contributed by atoms with Gasteiger partial charge in [-0.3, -0.25) is 14.2 Å². The highest BCUT2D eigenvalue weighted by Crippen LogP contribution is 2.31. The van der Waals surface area contributed by atoms with Crippen molar-refractivity contribution in [3.63, 3.8) is 0 Å². The number of thioether (sulfide) groups is 1. The van der Waals surface area contributed by atoms with Gasteiger partial charge in [0.2, 0.25) is 0 Å². The number of aryl methyl sites for hydroxylation is 2. The summed E-state index contributed by atoms with van der Waals surface area (Å²) >= 11 is 1.30. The van der Waals surface area contributed by atoms with Gasteiger partial charge < -0.3 is 4.74 Å². The van der Waals surface area contributed by atoms with Crippen molar-refractivity contribution in [3.8, 4) is 5.69 Å². The molecule has 2 aromatic carbocycles. The molecule has 0 radical (unpaired) electrons. The number of nitrogens with zero attached hydrogens (tertiary/aromatic N) is 2. The molecule has 0 amide bonds. The van der Waals surface area contributed by atoms with Gasteiger partial charge in [-0.25, -0.2) is 4.98 Å². The Bertz CT molecular complexity index is 1050. The van der Waals surface area contributed by atoms with Gasteiger partial charge in [-0.15, -0.1) is 0 Å². The lowest BCUT2D eigenvalue weighted by Gasteiger charge is -2.18. The second-order valence-electron chi connectivity index (χ2n) is 6.36. The Labute approximate surface area is 155 Å². The Morgan fingerprint density at radius 1 is 1.08 bits per heavy atom. The van der Waals surface area contributed by atoms with Crippen molar-refractivity contribution in [2.45, 2.75) is 30.7 Å². The number of carbonyl (C=O) groups is 1. The van der Waals surface area contributed by atoms with Crippen LogP contribution in [-0.2, 0) is 9.53 Å². The Morgan fingerprint density at radius 2 is 1.81 bits per heavy atom. The fourth-order valence-corrected chi connectivity index (χ4v) is 4.32. The van der Waals surface area contributed by atoms with E-state index >= 15 is 0 Å². The number of hydrogen-bond donors (Lipinski definition) is 0. The van der Waals surface area contributed by atoms with Gasteiger partial charge in [0.25, 0.3) is 5.56 Å². The second-order valence-corrected chi connectivity index (χ2v) is 7.53. The van der Waals surface area contributed by atoms with Gasteiger partial charge in [-0.1, -0.05) is 42.1 Å². The molecule has 26 heavy (non-hydrogen) atoms. The average molecular weight is 366 g/mol. The lowest BCUT2D eigenvalue weighted by atomic mass is 10.1. The number of fused-ring (bicyclic) bond motifs is 1. The number of carbonyl (C=O) groups excluding carboxylic acids is 1. The number of esters is 1. The van der Waals surface area contributed by atoms with Crippen molar-refractivity contribution in [1.82, 2.24) is 9.55 Å². The summed E-state index contributed by atoms with van der Waals surface area (Å²) in [5, 5.41) is 0.752. The standard InChI is InChI=1S/C20H18N2O3S/c1-12-6-5-7-13(2)17(12)22-18(23)14-8-3-4-9-15(14)21-20(22)26-16-10-11-25-19(16)24/h3-9,16H,10-11H2,1-2H3/t16-/m1/s1. The maximum atomic E-state index is 13.3. The average Bonchev–Trinajstić information content (AvgIpc) is 3.02. The summed E-state index contributed by atoms with van der Waals surface area (Å²) in [6.45, 7) is 4.36. The van der Waals surface area contributed by atoms with Crippen LogP contribution in [0.2, 0.25) is 0 Å². The number of rotatable bonds is 3. The highest BCUT2D eigenvalue weighted by molar-refractivity contribution is 8.00. The Hall–Kier alpha value is -2.60. The van der Waals surface area contributed by atoms with E-state index in [1.54, 1.807) is 10.6 Å². The van der Waals surface area contributed by atoms with Crippen LogP contribution in [0.4, 0.5) is 0 Å². The van der Waals surface area contributed by atoms with E-state index in [0.717, 1.165) is 16.8 Å². The molecule has 1 saturated heterocycles. The molecule has 132 valence electrons. The number of hydrogen-bond acceptors (Lipinski definition) is 5. The molecule has 0 saturated carbocycles. The minimum atomic E-state index is -0.335. The van der Waals surface area contributed by atoms with Crippen LogP contribution >= 0.6 is 11.8 Å². The van der Waals surface area contributed by atoms with Gasteiger partial charge in [-0.2, -0.15) is 0 Å². The van der Waals surface area contributed by atoms with E-state index in [1.807, 2.05) is 50.2 Å². The van der Waals surface area contributed by atoms with Crippen LogP contribution < -0.4 is 5.56 Å². The first-order valence-electron chi connectivity index (χ1n) is 8.48. The van der Waals surface area contributed by atoms with Gasteiger partial charge in [0, 0.05) is 6.42 Å². The summed E-state index contributed by atoms with van der Waals surface area (Å²) in [6, 6.07) is 13.2. The molecule has 3 aromatic rings. The number of aromatic nitrogens is 2. The topological polar surface area (TPSA) is 61.2 Å². The highest BCUT2D eigenvalue weighted by Gasteiger charge is 2.30. The number of ether oxygens (including phenoxy) is 1. The summed E-state index contributed by atoms with van der Waals surface area (Å²) in [5.74, 6) is -0.245. The van der Waals surface area contributed by atoms with Gasteiger partial charge in [0.1, 0.15) is 5.25 Å². The summed E-state index contributed by atoms with van der Waals surface area (Å²) in [4.78, 5) is 30.0. The first kappa shape index (κ1) is 16.8. The summed E-state index contributed by atoms with van der Waals surface area (Å²) in [5.41, 5.74) is 3.31.